The summed E-state index contributed by atoms with van der Waals surface area (Å²) in [7, 11) is 1.52. The van der Waals surface area contributed by atoms with Crippen LogP contribution in [0, 0.1) is 5.41 Å². The third-order valence-corrected chi connectivity index (χ3v) is 1.26. The third kappa shape index (κ3) is 1.02. The maximum absolute atomic E-state index is 10.8. The first-order valence-electron chi connectivity index (χ1n) is 2.96. The standard InChI is InChI=1S/C5H9N3O2/c1-7-5(9)8-2-3-10-4(8)6/h6H,2-3H2,1H3,(H,7,9). The molecule has 1 saturated heterocycles. The van der Waals surface area contributed by atoms with Crippen LogP contribution in [-0.2, 0) is 4.74 Å². The first-order valence-corrected chi connectivity index (χ1v) is 2.96. The van der Waals surface area contributed by atoms with E-state index in [1.54, 1.807) is 0 Å². The molecule has 1 aliphatic rings. The largest absolute Gasteiger partial charge is 0.463 e. The van der Waals surface area contributed by atoms with E-state index >= 15 is 0 Å². The van der Waals surface area contributed by atoms with Gasteiger partial charge in [-0.1, -0.05) is 0 Å². The van der Waals surface area contributed by atoms with E-state index in [4.69, 9.17) is 10.1 Å². The molecule has 2 amide bonds. The lowest BCUT2D eigenvalue weighted by Gasteiger charge is -2.10. The summed E-state index contributed by atoms with van der Waals surface area (Å²) in [5.41, 5.74) is 0. The van der Waals surface area contributed by atoms with Crippen molar-refractivity contribution in [1.82, 2.24) is 10.2 Å². The monoisotopic (exact) mass is 143 g/mol. The van der Waals surface area contributed by atoms with Crippen LogP contribution >= 0.6 is 0 Å². The molecule has 2 N–H and O–H groups in total. The Morgan fingerprint density at radius 3 is 3.00 bits per heavy atom. The summed E-state index contributed by atoms with van der Waals surface area (Å²) in [6.07, 6.45) is 0. The van der Waals surface area contributed by atoms with Crippen LogP contribution < -0.4 is 5.32 Å². The number of hydrogen-bond donors (Lipinski definition) is 2. The summed E-state index contributed by atoms with van der Waals surface area (Å²) in [6, 6.07) is -0.359. The van der Waals surface area contributed by atoms with Crippen LogP contribution in [0.5, 0.6) is 0 Å². The lowest BCUT2D eigenvalue weighted by molar-refractivity contribution is 0.225. The number of amides is 2. The number of carbonyl (C=O) groups is 1. The number of ether oxygens (including phenoxy) is 1. The van der Waals surface area contributed by atoms with Crippen LogP contribution in [-0.4, -0.2) is 37.2 Å². The highest BCUT2D eigenvalue weighted by Crippen LogP contribution is 2.00. The molecule has 1 fully saturated rings. The van der Waals surface area contributed by atoms with Crippen LogP contribution in [0.2, 0.25) is 0 Å². The number of hydrogen-bond acceptors (Lipinski definition) is 3. The van der Waals surface area contributed by atoms with Crippen LogP contribution in [0.1, 0.15) is 0 Å². The van der Waals surface area contributed by atoms with E-state index in [0.717, 1.165) is 0 Å². The van der Waals surface area contributed by atoms with Gasteiger partial charge in [-0.3, -0.25) is 5.41 Å². The van der Waals surface area contributed by atoms with Gasteiger partial charge in [0.1, 0.15) is 6.61 Å². The molecule has 1 aliphatic heterocycles. The van der Waals surface area contributed by atoms with Crippen LogP contribution in [0.4, 0.5) is 4.79 Å². The van der Waals surface area contributed by atoms with E-state index < -0.39 is 0 Å². The summed E-state index contributed by atoms with van der Waals surface area (Å²) >= 11 is 0. The van der Waals surface area contributed by atoms with Gasteiger partial charge in [0.05, 0.1) is 6.54 Å². The molecule has 1 rings (SSSR count). The Morgan fingerprint density at radius 2 is 2.60 bits per heavy atom. The highest BCUT2D eigenvalue weighted by atomic mass is 16.5. The maximum Gasteiger partial charge on any atom is 0.325 e. The third-order valence-electron chi connectivity index (χ3n) is 1.26. The highest BCUT2D eigenvalue weighted by molar-refractivity contribution is 5.92. The molecule has 10 heavy (non-hydrogen) atoms. The predicted octanol–water partition coefficient (Wildman–Crippen LogP) is -0.407. The summed E-state index contributed by atoms with van der Waals surface area (Å²) in [5.74, 6) is 0. The van der Waals surface area contributed by atoms with Gasteiger partial charge in [0.15, 0.2) is 0 Å². The predicted molar refractivity (Wildman–Crippen MR) is 34.8 cm³/mol. The lowest BCUT2D eigenvalue weighted by Crippen LogP contribution is -2.38. The summed E-state index contributed by atoms with van der Waals surface area (Å²) < 4.78 is 4.74. The average molecular weight is 143 g/mol. The molecule has 0 radical (unpaired) electrons. The van der Waals surface area contributed by atoms with E-state index in [2.05, 4.69) is 5.32 Å². The molecule has 0 aromatic rings. The number of nitrogens with one attached hydrogen (secondary N) is 2. The van der Waals surface area contributed by atoms with Crippen molar-refractivity contribution in [3.05, 3.63) is 0 Å². The molecule has 0 atom stereocenters. The summed E-state index contributed by atoms with van der Waals surface area (Å²) in [5, 5.41) is 9.49. The molecule has 5 heteroatoms. The molecule has 56 valence electrons. The Kier molecular flexibility index (Phi) is 1.75. The Morgan fingerprint density at radius 1 is 1.90 bits per heavy atom. The fourth-order valence-corrected chi connectivity index (χ4v) is 0.742. The van der Waals surface area contributed by atoms with Crippen molar-refractivity contribution in [1.29, 1.82) is 5.41 Å². The Labute approximate surface area is 58.5 Å². The molecule has 0 saturated carbocycles. The van der Waals surface area contributed by atoms with Gasteiger partial charge in [-0.25, -0.2) is 9.69 Å². The number of nitrogens with zero attached hydrogens (tertiary/aromatic N) is 1. The lowest BCUT2D eigenvalue weighted by atomic mass is 10.6. The Balaban J connectivity index is 2.55. The molecule has 1 heterocycles. The quantitative estimate of drug-likeness (QED) is 0.484. The van der Waals surface area contributed by atoms with Gasteiger partial charge in [0.25, 0.3) is 6.02 Å². The van der Waals surface area contributed by atoms with E-state index in [9.17, 15) is 4.79 Å². The number of rotatable bonds is 0. The molecule has 5 nitrogen and oxygen atoms in total. The van der Waals surface area contributed by atoms with E-state index in [0.29, 0.717) is 13.2 Å². The van der Waals surface area contributed by atoms with Gasteiger partial charge in [-0.2, -0.15) is 0 Å². The van der Waals surface area contributed by atoms with Gasteiger partial charge >= 0.3 is 6.03 Å². The van der Waals surface area contributed by atoms with Crippen molar-refractivity contribution < 1.29 is 9.53 Å². The van der Waals surface area contributed by atoms with Gasteiger partial charge in [0, 0.05) is 7.05 Å². The highest BCUT2D eigenvalue weighted by Gasteiger charge is 2.23. The van der Waals surface area contributed by atoms with Gasteiger partial charge < -0.3 is 10.1 Å². The zero-order chi connectivity index (χ0) is 7.56. The molecule has 0 spiro atoms. The molecule has 0 aromatic heterocycles. The van der Waals surface area contributed by atoms with Crippen LogP contribution in [0.3, 0.4) is 0 Å². The van der Waals surface area contributed by atoms with Gasteiger partial charge in [-0.15, -0.1) is 0 Å². The number of carbonyl (C=O) groups excluding carboxylic acids is 1. The fourth-order valence-electron chi connectivity index (χ4n) is 0.742. The smallest absolute Gasteiger partial charge is 0.325 e. The summed E-state index contributed by atoms with van der Waals surface area (Å²) in [4.78, 5) is 12.1. The minimum absolute atomic E-state index is 0.0700. The normalized spacial score (nSPS) is 16.9. The molecule has 0 aromatic carbocycles. The average Bonchev–Trinajstić information content (AvgIpc) is 2.34. The van der Waals surface area contributed by atoms with Crippen LogP contribution in [0.15, 0.2) is 0 Å². The van der Waals surface area contributed by atoms with E-state index in [1.165, 1.54) is 11.9 Å². The topological polar surface area (TPSA) is 65.4 Å². The first-order chi connectivity index (χ1) is 4.75. The van der Waals surface area contributed by atoms with E-state index in [-0.39, 0.29) is 12.1 Å². The Bertz CT molecular complexity index is 168. The second-order valence-electron chi connectivity index (χ2n) is 1.86. The second kappa shape index (κ2) is 2.55. The zero-order valence-corrected chi connectivity index (χ0v) is 5.68. The van der Waals surface area contributed by atoms with Crippen molar-refractivity contribution in [3.8, 4) is 0 Å². The molecule has 0 aliphatic carbocycles. The van der Waals surface area contributed by atoms with E-state index in [1.807, 2.05) is 0 Å². The van der Waals surface area contributed by atoms with Crippen molar-refractivity contribution >= 4 is 12.1 Å². The minimum atomic E-state index is -0.289. The van der Waals surface area contributed by atoms with Crippen molar-refractivity contribution in [2.75, 3.05) is 20.2 Å². The van der Waals surface area contributed by atoms with Crippen molar-refractivity contribution in [3.63, 3.8) is 0 Å². The first kappa shape index (κ1) is 6.85. The fraction of sp³-hybridized carbons (Fsp3) is 0.600. The van der Waals surface area contributed by atoms with Gasteiger partial charge in [-0.05, 0) is 0 Å². The Hall–Kier alpha value is -1.26. The van der Waals surface area contributed by atoms with Gasteiger partial charge in [0.2, 0.25) is 0 Å². The summed E-state index contributed by atoms with van der Waals surface area (Å²) in [6.45, 7) is 0.894. The molecular weight excluding hydrogens is 134 g/mol. The second-order valence-corrected chi connectivity index (χ2v) is 1.86. The molecule has 0 unspecified atom stereocenters. The molecular formula is C5H9N3O2. The maximum atomic E-state index is 10.8. The van der Waals surface area contributed by atoms with Crippen molar-refractivity contribution in [2.24, 2.45) is 0 Å². The number of amidine groups is 1. The number of urea groups is 1. The minimum Gasteiger partial charge on any atom is -0.463 e. The van der Waals surface area contributed by atoms with Crippen LogP contribution in [0.25, 0.3) is 0 Å². The SMILES string of the molecule is CNC(=O)N1CCOC1=N. The zero-order valence-electron chi connectivity index (χ0n) is 5.68. The molecule has 0 bridgehead atoms. The van der Waals surface area contributed by atoms with Crippen molar-refractivity contribution in [2.45, 2.75) is 0 Å².